The highest BCUT2D eigenvalue weighted by molar-refractivity contribution is 5.72. The summed E-state index contributed by atoms with van der Waals surface area (Å²) >= 11 is 0. The SMILES string of the molecule is C[C@@H]1CN(CC2CCN(CCCn3c(=O)oc4ccccc43)CC2)C[C@H](C)O1. The Morgan fingerprint density at radius 2 is 1.71 bits per heavy atom. The van der Waals surface area contributed by atoms with Gasteiger partial charge in [-0.05, 0) is 70.8 Å². The average molecular weight is 388 g/mol. The van der Waals surface area contributed by atoms with E-state index in [-0.39, 0.29) is 5.76 Å². The lowest BCUT2D eigenvalue weighted by molar-refractivity contribution is -0.0731. The molecular weight excluding hydrogens is 354 g/mol. The molecule has 0 unspecified atom stereocenters. The molecule has 0 radical (unpaired) electrons. The Morgan fingerprint density at radius 1 is 1.00 bits per heavy atom. The molecule has 1 aromatic heterocycles. The number of aromatic nitrogens is 1. The molecule has 2 aliphatic heterocycles. The van der Waals surface area contributed by atoms with Gasteiger partial charge in [0.25, 0.3) is 0 Å². The molecule has 6 nitrogen and oxygen atoms in total. The number of hydrogen-bond acceptors (Lipinski definition) is 5. The largest absolute Gasteiger partial charge is 0.419 e. The number of ether oxygens (including phenoxy) is 1. The van der Waals surface area contributed by atoms with Gasteiger partial charge in [0, 0.05) is 26.2 Å². The second-order valence-electron chi connectivity index (χ2n) is 8.60. The fourth-order valence-corrected chi connectivity index (χ4v) is 4.87. The fourth-order valence-electron chi connectivity index (χ4n) is 4.87. The molecule has 2 aliphatic rings. The number of benzene rings is 1. The third-order valence-corrected chi connectivity index (χ3v) is 6.15. The minimum absolute atomic E-state index is 0.242. The summed E-state index contributed by atoms with van der Waals surface area (Å²) in [5, 5.41) is 0. The zero-order valence-electron chi connectivity index (χ0n) is 17.2. The van der Waals surface area contributed by atoms with Crippen molar-refractivity contribution in [3.63, 3.8) is 0 Å². The predicted octanol–water partition coefficient (Wildman–Crippen LogP) is 2.81. The summed E-state index contributed by atoms with van der Waals surface area (Å²) in [4.78, 5) is 17.2. The van der Waals surface area contributed by atoms with E-state index in [2.05, 4.69) is 23.6 Å². The first-order valence-electron chi connectivity index (χ1n) is 10.8. The molecule has 4 rings (SSSR count). The molecule has 0 spiro atoms. The Labute approximate surface area is 167 Å². The molecule has 0 bridgehead atoms. The maximum absolute atomic E-state index is 12.1. The molecule has 2 aromatic rings. The monoisotopic (exact) mass is 387 g/mol. The number of para-hydroxylation sites is 2. The van der Waals surface area contributed by atoms with E-state index in [4.69, 9.17) is 9.15 Å². The molecule has 3 heterocycles. The van der Waals surface area contributed by atoms with Gasteiger partial charge in [0.1, 0.15) is 0 Å². The molecule has 0 saturated carbocycles. The molecule has 2 fully saturated rings. The van der Waals surface area contributed by atoms with E-state index >= 15 is 0 Å². The molecule has 0 N–H and O–H groups in total. The summed E-state index contributed by atoms with van der Waals surface area (Å²) in [7, 11) is 0. The minimum atomic E-state index is -0.242. The number of hydrogen-bond donors (Lipinski definition) is 0. The second kappa shape index (κ2) is 8.80. The topological polar surface area (TPSA) is 50.9 Å². The highest BCUT2D eigenvalue weighted by Gasteiger charge is 2.26. The number of oxazole rings is 1. The average Bonchev–Trinajstić information content (AvgIpc) is 2.98. The molecule has 2 atom stereocenters. The molecular formula is C22H33N3O3. The Hall–Kier alpha value is -1.63. The first kappa shape index (κ1) is 19.7. The maximum atomic E-state index is 12.1. The van der Waals surface area contributed by atoms with Crippen molar-refractivity contribution in [2.24, 2.45) is 5.92 Å². The van der Waals surface area contributed by atoms with Crippen LogP contribution >= 0.6 is 0 Å². The number of piperidine rings is 1. The lowest BCUT2D eigenvalue weighted by Gasteiger charge is -2.39. The van der Waals surface area contributed by atoms with Gasteiger partial charge in [-0.1, -0.05) is 12.1 Å². The van der Waals surface area contributed by atoms with Gasteiger partial charge < -0.3 is 14.1 Å². The van der Waals surface area contributed by atoms with Gasteiger partial charge in [-0.2, -0.15) is 0 Å². The summed E-state index contributed by atoms with van der Waals surface area (Å²) in [6, 6.07) is 7.67. The Kier molecular flexibility index (Phi) is 6.19. The van der Waals surface area contributed by atoms with Gasteiger partial charge in [0.2, 0.25) is 0 Å². The van der Waals surface area contributed by atoms with Crippen molar-refractivity contribution in [1.29, 1.82) is 0 Å². The normalized spacial score (nSPS) is 25.5. The standard InChI is InChI=1S/C22H33N3O3/c1-17-14-24(15-18(2)27-17)16-19-8-12-23(13-9-19)10-5-11-25-20-6-3-4-7-21(20)28-22(25)26/h3-4,6-7,17-19H,5,8-16H2,1-2H3/t17-,18+. The summed E-state index contributed by atoms with van der Waals surface area (Å²) in [6.07, 6.45) is 4.23. The van der Waals surface area contributed by atoms with Crippen LogP contribution in [0.25, 0.3) is 11.1 Å². The van der Waals surface area contributed by atoms with Gasteiger partial charge in [-0.3, -0.25) is 9.47 Å². The molecule has 1 aromatic carbocycles. The highest BCUT2D eigenvalue weighted by atomic mass is 16.5. The van der Waals surface area contributed by atoms with Crippen LogP contribution in [0.5, 0.6) is 0 Å². The lowest BCUT2D eigenvalue weighted by atomic mass is 9.95. The number of rotatable bonds is 6. The lowest BCUT2D eigenvalue weighted by Crippen LogP contribution is -2.48. The van der Waals surface area contributed by atoms with Crippen molar-refractivity contribution in [3.05, 3.63) is 34.8 Å². The van der Waals surface area contributed by atoms with Crippen molar-refractivity contribution < 1.29 is 9.15 Å². The summed E-state index contributed by atoms with van der Waals surface area (Å²) < 4.78 is 12.9. The zero-order valence-corrected chi connectivity index (χ0v) is 17.2. The molecule has 28 heavy (non-hydrogen) atoms. The summed E-state index contributed by atoms with van der Waals surface area (Å²) in [6.45, 7) is 11.8. The van der Waals surface area contributed by atoms with Crippen LogP contribution in [-0.2, 0) is 11.3 Å². The van der Waals surface area contributed by atoms with E-state index in [1.165, 1.54) is 32.5 Å². The maximum Gasteiger partial charge on any atom is 0.419 e. The summed E-state index contributed by atoms with van der Waals surface area (Å²) in [5.74, 6) is 0.558. The number of nitrogens with zero attached hydrogens (tertiary/aromatic N) is 3. The van der Waals surface area contributed by atoms with Gasteiger partial charge in [0.05, 0.1) is 17.7 Å². The molecule has 154 valence electrons. The molecule has 2 saturated heterocycles. The quantitative estimate of drug-likeness (QED) is 0.763. The van der Waals surface area contributed by atoms with Gasteiger partial charge >= 0.3 is 5.76 Å². The van der Waals surface area contributed by atoms with Crippen molar-refractivity contribution in [1.82, 2.24) is 14.4 Å². The van der Waals surface area contributed by atoms with Crippen LogP contribution in [0.4, 0.5) is 0 Å². The van der Waals surface area contributed by atoms with E-state index in [1.54, 1.807) is 4.57 Å². The van der Waals surface area contributed by atoms with Crippen molar-refractivity contribution in [3.8, 4) is 0 Å². The number of likely N-dealkylation sites (tertiary alicyclic amines) is 1. The first-order valence-corrected chi connectivity index (χ1v) is 10.8. The van der Waals surface area contributed by atoms with Crippen molar-refractivity contribution in [2.45, 2.75) is 51.9 Å². The van der Waals surface area contributed by atoms with Crippen LogP contribution in [0.15, 0.2) is 33.5 Å². The van der Waals surface area contributed by atoms with Crippen molar-refractivity contribution >= 4 is 11.1 Å². The predicted molar refractivity (Wildman–Crippen MR) is 111 cm³/mol. The zero-order chi connectivity index (χ0) is 19.5. The number of fused-ring (bicyclic) bond motifs is 1. The first-order chi connectivity index (χ1) is 13.6. The molecule has 0 aliphatic carbocycles. The van der Waals surface area contributed by atoms with Crippen LogP contribution in [0.2, 0.25) is 0 Å². The van der Waals surface area contributed by atoms with Gasteiger partial charge in [-0.25, -0.2) is 4.79 Å². The fraction of sp³-hybridized carbons (Fsp3) is 0.682. The molecule has 6 heteroatoms. The van der Waals surface area contributed by atoms with Crippen LogP contribution in [0.1, 0.15) is 33.1 Å². The number of aryl methyl sites for hydroxylation is 1. The third-order valence-electron chi connectivity index (χ3n) is 6.15. The van der Waals surface area contributed by atoms with Crippen LogP contribution in [0, 0.1) is 5.92 Å². The Bertz CT molecular complexity index is 812. The third kappa shape index (κ3) is 4.67. The second-order valence-corrected chi connectivity index (χ2v) is 8.60. The van der Waals surface area contributed by atoms with Gasteiger partial charge in [-0.15, -0.1) is 0 Å². The Balaban J connectivity index is 1.21. The van der Waals surface area contributed by atoms with Crippen LogP contribution < -0.4 is 5.76 Å². The van der Waals surface area contributed by atoms with Crippen LogP contribution in [0.3, 0.4) is 0 Å². The van der Waals surface area contributed by atoms with E-state index in [0.29, 0.717) is 17.8 Å². The van der Waals surface area contributed by atoms with E-state index in [1.807, 2.05) is 24.3 Å². The van der Waals surface area contributed by atoms with Crippen molar-refractivity contribution in [2.75, 3.05) is 39.3 Å². The Morgan fingerprint density at radius 3 is 2.46 bits per heavy atom. The summed E-state index contributed by atoms with van der Waals surface area (Å²) in [5.41, 5.74) is 1.58. The highest BCUT2D eigenvalue weighted by Crippen LogP contribution is 2.21. The molecule has 0 amide bonds. The van der Waals surface area contributed by atoms with Crippen LogP contribution in [-0.4, -0.2) is 65.8 Å². The smallest absolute Gasteiger partial charge is 0.408 e. The van der Waals surface area contributed by atoms with E-state index in [9.17, 15) is 4.79 Å². The number of morpholine rings is 1. The minimum Gasteiger partial charge on any atom is -0.408 e. The van der Waals surface area contributed by atoms with Gasteiger partial charge in [0.15, 0.2) is 5.58 Å². The van der Waals surface area contributed by atoms with E-state index < -0.39 is 0 Å². The van der Waals surface area contributed by atoms with E-state index in [0.717, 1.165) is 44.0 Å².